The van der Waals surface area contributed by atoms with Gasteiger partial charge in [-0.1, -0.05) is 6.08 Å². The Bertz CT molecular complexity index is 370. The molecule has 4 heteroatoms. The third kappa shape index (κ3) is 2.38. The molecule has 0 aromatic heterocycles. The van der Waals surface area contributed by atoms with Crippen LogP contribution in [0.1, 0.15) is 27.7 Å². The van der Waals surface area contributed by atoms with Gasteiger partial charge in [0.05, 0.1) is 12.1 Å². The average Bonchev–Trinajstić information content (AvgIpc) is 2.46. The van der Waals surface area contributed by atoms with Crippen LogP contribution in [0.25, 0.3) is 0 Å². The number of carbonyl (C=O) groups excluding carboxylic acids is 2. The van der Waals surface area contributed by atoms with Gasteiger partial charge in [-0.3, -0.25) is 14.6 Å². The summed E-state index contributed by atoms with van der Waals surface area (Å²) in [4.78, 5) is 27.6. The first-order valence-corrected chi connectivity index (χ1v) is 5.33. The molecule has 0 fully saturated rings. The largest absolute Gasteiger partial charge is 0.465 e. The van der Waals surface area contributed by atoms with Crippen molar-refractivity contribution in [1.82, 2.24) is 0 Å². The Kier molecular flexibility index (Phi) is 3.62. The van der Waals surface area contributed by atoms with Crippen molar-refractivity contribution in [3.8, 4) is 0 Å². The maximum absolute atomic E-state index is 11.7. The van der Waals surface area contributed by atoms with E-state index in [1.807, 2.05) is 13.0 Å². The Hall–Kier alpha value is -1.45. The fourth-order valence-electron chi connectivity index (χ4n) is 1.95. The highest BCUT2D eigenvalue weighted by molar-refractivity contribution is 6.02. The zero-order chi connectivity index (χ0) is 12.3. The van der Waals surface area contributed by atoms with Gasteiger partial charge in [-0.25, -0.2) is 0 Å². The van der Waals surface area contributed by atoms with E-state index in [0.29, 0.717) is 0 Å². The van der Waals surface area contributed by atoms with Gasteiger partial charge in [0, 0.05) is 5.71 Å². The second-order valence-electron chi connectivity index (χ2n) is 4.11. The number of carbonyl (C=O) groups is 2. The molecule has 0 bridgehead atoms. The molecular weight excluding hydrogens is 206 g/mol. The minimum Gasteiger partial charge on any atom is -0.465 e. The summed E-state index contributed by atoms with van der Waals surface area (Å²) in [5.74, 6) is -1.56. The smallest absolute Gasteiger partial charge is 0.319 e. The van der Waals surface area contributed by atoms with Crippen molar-refractivity contribution < 1.29 is 14.3 Å². The van der Waals surface area contributed by atoms with Gasteiger partial charge in [0.15, 0.2) is 0 Å². The highest BCUT2D eigenvalue weighted by Crippen LogP contribution is 2.29. The molecule has 0 aliphatic carbocycles. The minimum atomic E-state index is -0.846. The monoisotopic (exact) mass is 223 g/mol. The fourth-order valence-corrected chi connectivity index (χ4v) is 1.95. The molecule has 88 valence electrons. The number of rotatable bonds is 4. The standard InChI is InChI=1S/C12H17NO3/c1-5-16-11(15)10(9(3)14)12(4)7-6-8(2)13-12/h6-7,10H,5H2,1-4H3. The number of hydrogen-bond acceptors (Lipinski definition) is 4. The van der Waals surface area contributed by atoms with E-state index < -0.39 is 17.4 Å². The second-order valence-corrected chi connectivity index (χ2v) is 4.11. The van der Waals surface area contributed by atoms with Crippen LogP contribution in [0.2, 0.25) is 0 Å². The Morgan fingerprint density at radius 2 is 2.19 bits per heavy atom. The lowest BCUT2D eigenvalue weighted by Crippen LogP contribution is -2.41. The number of aliphatic imine (C=N–C) groups is 1. The molecule has 0 radical (unpaired) electrons. The zero-order valence-electron chi connectivity index (χ0n) is 10.1. The molecular formula is C12H17NO3. The summed E-state index contributed by atoms with van der Waals surface area (Å²) in [6.45, 7) is 6.98. The van der Waals surface area contributed by atoms with Crippen LogP contribution in [0.4, 0.5) is 0 Å². The lowest BCUT2D eigenvalue weighted by atomic mass is 9.84. The van der Waals surface area contributed by atoms with E-state index in [1.54, 1.807) is 19.9 Å². The third-order valence-electron chi connectivity index (χ3n) is 2.59. The molecule has 0 N–H and O–H groups in total. The molecule has 0 saturated carbocycles. The molecule has 0 amide bonds. The maximum Gasteiger partial charge on any atom is 0.319 e. The van der Waals surface area contributed by atoms with Crippen LogP contribution in [0, 0.1) is 5.92 Å². The number of allylic oxidation sites excluding steroid dienone is 1. The summed E-state index contributed by atoms with van der Waals surface area (Å²) in [5.41, 5.74) is 0.0281. The van der Waals surface area contributed by atoms with Gasteiger partial charge in [0.25, 0.3) is 0 Å². The molecule has 1 aliphatic heterocycles. The predicted octanol–water partition coefficient (Wildman–Crippen LogP) is 1.54. The van der Waals surface area contributed by atoms with Crippen molar-refractivity contribution >= 4 is 17.5 Å². The van der Waals surface area contributed by atoms with Gasteiger partial charge in [-0.15, -0.1) is 0 Å². The van der Waals surface area contributed by atoms with Gasteiger partial charge in [0.2, 0.25) is 0 Å². The molecule has 0 spiro atoms. The van der Waals surface area contributed by atoms with Crippen molar-refractivity contribution in [3.05, 3.63) is 12.2 Å². The van der Waals surface area contributed by atoms with Crippen molar-refractivity contribution in [3.63, 3.8) is 0 Å². The lowest BCUT2D eigenvalue weighted by molar-refractivity contribution is -0.152. The molecule has 2 unspecified atom stereocenters. The number of Topliss-reactive ketones (excluding diaryl/α,β-unsaturated/α-hetero) is 1. The van der Waals surface area contributed by atoms with Crippen molar-refractivity contribution in [2.75, 3.05) is 6.61 Å². The van der Waals surface area contributed by atoms with Gasteiger partial charge >= 0.3 is 5.97 Å². The number of hydrogen-bond donors (Lipinski definition) is 0. The second kappa shape index (κ2) is 4.60. The Labute approximate surface area is 95.4 Å². The van der Waals surface area contributed by atoms with E-state index in [4.69, 9.17) is 4.74 Å². The first kappa shape index (κ1) is 12.6. The van der Waals surface area contributed by atoms with E-state index >= 15 is 0 Å². The van der Waals surface area contributed by atoms with E-state index in [9.17, 15) is 9.59 Å². The van der Waals surface area contributed by atoms with Crippen LogP contribution in [-0.2, 0) is 14.3 Å². The fraction of sp³-hybridized carbons (Fsp3) is 0.583. The molecule has 2 atom stereocenters. The van der Waals surface area contributed by atoms with Crippen LogP contribution in [-0.4, -0.2) is 29.6 Å². The van der Waals surface area contributed by atoms with Crippen molar-refractivity contribution in [2.45, 2.75) is 33.2 Å². The van der Waals surface area contributed by atoms with Crippen molar-refractivity contribution in [2.24, 2.45) is 10.9 Å². The minimum absolute atomic E-state index is 0.218. The summed E-state index contributed by atoms with van der Waals surface area (Å²) < 4.78 is 4.92. The van der Waals surface area contributed by atoms with Crippen LogP contribution >= 0.6 is 0 Å². The van der Waals surface area contributed by atoms with Crippen LogP contribution in [0.5, 0.6) is 0 Å². The molecule has 0 aromatic rings. The topological polar surface area (TPSA) is 55.7 Å². The average molecular weight is 223 g/mol. The quantitative estimate of drug-likeness (QED) is 0.536. The van der Waals surface area contributed by atoms with E-state index in [0.717, 1.165) is 5.71 Å². The molecule has 4 nitrogen and oxygen atoms in total. The van der Waals surface area contributed by atoms with Gasteiger partial charge in [-0.2, -0.15) is 0 Å². The van der Waals surface area contributed by atoms with Gasteiger partial charge < -0.3 is 4.74 Å². The number of esters is 1. The molecule has 1 heterocycles. The highest BCUT2D eigenvalue weighted by Gasteiger charge is 2.43. The van der Waals surface area contributed by atoms with E-state index in [2.05, 4.69) is 4.99 Å². The van der Waals surface area contributed by atoms with E-state index in [-0.39, 0.29) is 12.4 Å². The molecule has 0 saturated heterocycles. The zero-order valence-corrected chi connectivity index (χ0v) is 10.1. The Morgan fingerprint density at radius 3 is 2.56 bits per heavy atom. The lowest BCUT2D eigenvalue weighted by Gasteiger charge is -2.26. The first-order valence-electron chi connectivity index (χ1n) is 5.33. The maximum atomic E-state index is 11.7. The predicted molar refractivity (Wildman–Crippen MR) is 61.5 cm³/mol. The third-order valence-corrected chi connectivity index (χ3v) is 2.59. The molecule has 16 heavy (non-hydrogen) atoms. The summed E-state index contributed by atoms with van der Waals surface area (Å²) in [6, 6.07) is 0. The number of ether oxygens (including phenoxy) is 1. The molecule has 0 aromatic carbocycles. The summed E-state index contributed by atoms with van der Waals surface area (Å²) in [7, 11) is 0. The Balaban J connectivity index is 3.00. The van der Waals surface area contributed by atoms with Crippen LogP contribution in [0.3, 0.4) is 0 Å². The first-order chi connectivity index (χ1) is 7.40. The number of nitrogens with zero attached hydrogens (tertiary/aromatic N) is 1. The van der Waals surface area contributed by atoms with E-state index in [1.165, 1.54) is 6.92 Å². The normalized spacial score (nSPS) is 25.1. The van der Waals surface area contributed by atoms with Crippen LogP contribution in [0.15, 0.2) is 17.1 Å². The van der Waals surface area contributed by atoms with Gasteiger partial charge in [0.1, 0.15) is 11.7 Å². The SMILES string of the molecule is CCOC(=O)C(C(C)=O)C1(C)C=CC(C)=N1. The highest BCUT2D eigenvalue weighted by atomic mass is 16.5. The van der Waals surface area contributed by atoms with Crippen LogP contribution < -0.4 is 0 Å². The summed E-state index contributed by atoms with van der Waals surface area (Å²) in [6.07, 6.45) is 3.60. The molecule has 1 rings (SSSR count). The molecule has 1 aliphatic rings. The summed E-state index contributed by atoms with van der Waals surface area (Å²) in [5, 5.41) is 0. The van der Waals surface area contributed by atoms with Crippen molar-refractivity contribution in [1.29, 1.82) is 0 Å². The Morgan fingerprint density at radius 1 is 1.56 bits per heavy atom. The summed E-state index contributed by atoms with van der Waals surface area (Å²) >= 11 is 0. The number of ketones is 1. The van der Waals surface area contributed by atoms with Gasteiger partial charge in [-0.05, 0) is 33.8 Å².